The molecule has 0 saturated carbocycles. The van der Waals surface area contributed by atoms with Crippen molar-refractivity contribution in [1.29, 1.82) is 0 Å². The van der Waals surface area contributed by atoms with E-state index in [9.17, 15) is 4.79 Å². The third-order valence-electron chi connectivity index (χ3n) is 2.67. The van der Waals surface area contributed by atoms with Gasteiger partial charge in [-0.2, -0.15) is 0 Å². The first-order chi connectivity index (χ1) is 9.78. The van der Waals surface area contributed by atoms with Crippen LogP contribution in [0.1, 0.15) is 12.5 Å². The van der Waals surface area contributed by atoms with E-state index in [1.54, 1.807) is 13.0 Å². The van der Waals surface area contributed by atoms with E-state index in [-0.39, 0.29) is 5.97 Å². The largest absolute Gasteiger partial charge is 0.463 e. The molecule has 0 fully saturated rings. The first kappa shape index (κ1) is 13.9. The average Bonchev–Trinajstić information content (AvgIpc) is 2.48. The molecule has 3 nitrogen and oxygen atoms in total. The summed E-state index contributed by atoms with van der Waals surface area (Å²) in [6.45, 7) is 2.18. The van der Waals surface area contributed by atoms with Crippen molar-refractivity contribution in [3.63, 3.8) is 0 Å². The number of para-hydroxylation sites is 1. The molecule has 0 atom stereocenters. The Morgan fingerprint density at radius 1 is 1.05 bits per heavy atom. The van der Waals surface area contributed by atoms with Gasteiger partial charge in [-0.25, -0.2) is 4.79 Å². The van der Waals surface area contributed by atoms with Crippen LogP contribution in [0.15, 0.2) is 60.7 Å². The van der Waals surface area contributed by atoms with E-state index >= 15 is 0 Å². The van der Waals surface area contributed by atoms with Crippen molar-refractivity contribution < 1.29 is 9.53 Å². The number of carbonyl (C=O) groups excluding carboxylic acids is 1. The first-order valence-electron chi connectivity index (χ1n) is 6.55. The molecule has 20 heavy (non-hydrogen) atoms. The minimum atomic E-state index is -0.320. The lowest BCUT2D eigenvalue weighted by Crippen LogP contribution is -1.98. The van der Waals surface area contributed by atoms with Crippen LogP contribution in [0.3, 0.4) is 0 Å². The molecule has 0 aliphatic carbocycles. The molecule has 102 valence electrons. The minimum absolute atomic E-state index is 0.320. The van der Waals surface area contributed by atoms with Crippen molar-refractivity contribution in [2.75, 3.05) is 11.9 Å². The summed E-state index contributed by atoms with van der Waals surface area (Å²) in [7, 11) is 0. The van der Waals surface area contributed by atoms with Crippen LogP contribution in [0, 0.1) is 0 Å². The predicted octanol–water partition coefficient (Wildman–Crippen LogP) is 4.01. The molecule has 2 aromatic carbocycles. The maximum Gasteiger partial charge on any atom is 0.330 e. The molecule has 0 aromatic heterocycles. The zero-order valence-electron chi connectivity index (χ0n) is 11.4. The fourth-order valence-electron chi connectivity index (χ4n) is 1.72. The fourth-order valence-corrected chi connectivity index (χ4v) is 1.72. The molecule has 0 saturated heterocycles. The van der Waals surface area contributed by atoms with Crippen molar-refractivity contribution in [3.05, 3.63) is 66.2 Å². The zero-order chi connectivity index (χ0) is 14.2. The maximum absolute atomic E-state index is 11.2. The molecule has 1 N–H and O–H groups in total. The Kier molecular flexibility index (Phi) is 4.95. The number of esters is 1. The topological polar surface area (TPSA) is 38.3 Å². The van der Waals surface area contributed by atoms with E-state index in [0.29, 0.717) is 6.61 Å². The lowest BCUT2D eigenvalue weighted by molar-refractivity contribution is -0.137. The van der Waals surface area contributed by atoms with Gasteiger partial charge in [0, 0.05) is 17.5 Å². The van der Waals surface area contributed by atoms with Gasteiger partial charge in [-0.05, 0) is 42.8 Å². The summed E-state index contributed by atoms with van der Waals surface area (Å²) >= 11 is 0. The highest BCUT2D eigenvalue weighted by Gasteiger charge is 1.96. The van der Waals surface area contributed by atoms with Crippen molar-refractivity contribution in [2.45, 2.75) is 6.92 Å². The van der Waals surface area contributed by atoms with E-state index in [0.717, 1.165) is 16.9 Å². The summed E-state index contributed by atoms with van der Waals surface area (Å²) < 4.78 is 4.83. The van der Waals surface area contributed by atoms with Crippen molar-refractivity contribution in [1.82, 2.24) is 0 Å². The van der Waals surface area contributed by atoms with E-state index in [2.05, 4.69) is 5.32 Å². The second kappa shape index (κ2) is 7.14. The summed E-state index contributed by atoms with van der Waals surface area (Å²) in [6, 6.07) is 17.8. The Hall–Kier alpha value is -2.55. The summed E-state index contributed by atoms with van der Waals surface area (Å²) in [6.07, 6.45) is 3.17. The average molecular weight is 267 g/mol. The Morgan fingerprint density at radius 3 is 2.35 bits per heavy atom. The van der Waals surface area contributed by atoms with Gasteiger partial charge in [0.05, 0.1) is 6.61 Å². The lowest BCUT2D eigenvalue weighted by Gasteiger charge is -2.06. The van der Waals surface area contributed by atoms with Gasteiger partial charge in [0.1, 0.15) is 0 Å². The lowest BCUT2D eigenvalue weighted by atomic mass is 10.2. The Labute approximate surface area is 118 Å². The number of ether oxygens (including phenoxy) is 1. The van der Waals surface area contributed by atoms with Crippen LogP contribution in [-0.2, 0) is 9.53 Å². The molecule has 0 bridgehead atoms. The summed E-state index contributed by atoms with van der Waals surface area (Å²) in [5.41, 5.74) is 3.00. The third-order valence-corrected chi connectivity index (χ3v) is 2.67. The number of hydrogen-bond acceptors (Lipinski definition) is 3. The van der Waals surface area contributed by atoms with Crippen LogP contribution in [0.2, 0.25) is 0 Å². The van der Waals surface area contributed by atoms with Gasteiger partial charge in [-0.15, -0.1) is 0 Å². The van der Waals surface area contributed by atoms with Crippen molar-refractivity contribution >= 4 is 23.4 Å². The van der Waals surface area contributed by atoms with Gasteiger partial charge in [-0.1, -0.05) is 30.3 Å². The van der Waals surface area contributed by atoms with E-state index in [1.165, 1.54) is 6.08 Å². The monoisotopic (exact) mass is 267 g/mol. The molecule has 0 heterocycles. The van der Waals surface area contributed by atoms with Gasteiger partial charge in [0.25, 0.3) is 0 Å². The van der Waals surface area contributed by atoms with Crippen LogP contribution in [-0.4, -0.2) is 12.6 Å². The predicted molar refractivity (Wildman–Crippen MR) is 81.8 cm³/mol. The van der Waals surface area contributed by atoms with E-state index in [1.807, 2.05) is 54.6 Å². The molecular formula is C17H17NO2. The molecule has 0 amide bonds. The second-order valence-electron chi connectivity index (χ2n) is 4.20. The molecule has 2 aromatic rings. The van der Waals surface area contributed by atoms with Gasteiger partial charge < -0.3 is 10.1 Å². The molecule has 3 heteroatoms. The van der Waals surface area contributed by atoms with Crippen LogP contribution < -0.4 is 5.32 Å². The van der Waals surface area contributed by atoms with Gasteiger partial charge in [-0.3, -0.25) is 0 Å². The van der Waals surface area contributed by atoms with Crippen LogP contribution in [0.5, 0.6) is 0 Å². The number of rotatable bonds is 5. The zero-order valence-corrected chi connectivity index (χ0v) is 11.4. The highest BCUT2D eigenvalue weighted by atomic mass is 16.5. The Morgan fingerprint density at radius 2 is 1.70 bits per heavy atom. The van der Waals surface area contributed by atoms with E-state index < -0.39 is 0 Å². The van der Waals surface area contributed by atoms with Gasteiger partial charge in [0.2, 0.25) is 0 Å². The third kappa shape index (κ3) is 4.28. The van der Waals surface area contributed by atoms with Crippen molar-refractivity contribution in [3.8, 4) is 0 Å². The van der Waals surface area contributed by atoms with Crippen LogP contribution in [0.25, 0.3) is 6.08 Å². The normalized spacial score (nSPS) is 10.4. The maximum atomic E-state index is 11.2. The number of carbonyl (C=O) groups is 1. The summed E-state index contributed by atoms with van der Waals surface area (Å²) in [5.74, 6) is -0.320. The SMILES string of the molecule is CCOC(=O)C=Cc1ccc(Nc2ccccc2)cc1. The van der Waals surface area contributed by atoms with Crippen LogP contribution >= 0.6 is 0 Å². The minimum Gasteiger partial charge on any atom is -0.463 e. The van der Waals surface area contributed by atoms with Gasteiger partial charge in [0.15, 0.2) is 0 Å². The smallest absolute Gasteiger partial charge is 0.330 e. The van der Waals surface area contributed by atoms with E-state index in [4.69, 9.17) is 4.74 Å². The molecule has 0 radical (unpaired) electrons. The summed E-state index contributed by atoms with van der Waals surface area (Å²) in [5, 5.41) is 3.30. The van der Waals surface area contributed by atoms with Crippen LogP contribution in [0.4, 0.5) is 11.4 Å². The molecule has 0 aliphatic heterocycles. The Bertz CT molecular complexity index is 574. The molecule has 0 spiro atoms. The highest BCUT2D eigenvalue weighted by Crippen LogP contribution is 2.17. The first-order valence-corrected chi connectivity index (χ1v) is 6.55. The van der Waals surface area contributed by atoms with Gasteiger partial charge >= 0.3 is 5.97 Å². The summed E-state index contributed by atoms with van der Waals surface area (Å²) in [4.78, 5) is 11.2. The number of nitrogens with one attached hydrogen (secondary N) is 1. The second-order valence-corrected chi connectivity index (χ2v) is 4.20. The number of anilines is 2. The Balaban J connectivity index is 1.98. The quantitative estimate of drug-likeness (QED) is 0.657. The fraction of sp³-hybridized carbons (Fsp3) is 0.118. The number of hydrogen-bond donors (Lipinski definition) is 1. The molecule has 2 rings (SSSR count). The molecule has 0 unspecified atom stereocenters. The molecular weight excluding hydrogens is 250 g/mol. The number of benzene rings is 2. The van der Waals surface area contributed by atoms with Crippen molar-refractivity contribution in [2.24, 2.45) is 0 Å². The highest BCUT2D eigenvalue weighted by molar-refractivity contribution is 5.87. The molecule has 0 aliphatic rings. The standard InChI is InChI=1S/C17H17NO2/c1-2-20-17(19)13-10-14-8-11-16(12-9-14)18-15-6-4-3-5-7-15/h3-13,18H,2H2,1H3.